The number of ketones is 1. The Labute approximate surface area is 96.1 Å². The molecular weight excluding hydrogens is 200 g/mol. The monoisotopic (exact) mass is 218 g/mol. The number of nitrogen functional groups attached to an aromatic ring is 1. The first kappa shape index (κ1) is 11.1. The fourth-order valence-electron chi connectivity index (χ4n) is 2.39. The molecule has 1 aromatic rings. The van der Waals surface area contributed by atoms with Crippen molar-refractivity contribution < 1.29 is 4.79 Å². The number of nitrogens with two attached hydrogens (primary N) is 1. The maximum absolute atomic E-state index is 11.5. The molecule has 0 saturated heterocycles. The summed E-state index contributed by atoms with van der Waals surface area (Å²) in [5, 5.41) is 0. The van der Waals surface area contributed by atoms with Gasteiger partial charge in [-0.2, -0.15) is 0 Å². The van der Waals surface area contributed by atoms with E-state index in [1.54, 1.807) is 6.20 Å². The Hall–Kier alpha value is -1.38. The third kappa shape index (κ3) is 2.81. The zero-order valence-corrected chi connectivity index (χ0v) is 9.48. The highest BCUT2D eigenvalue weighted by atomic mass is 16.1. The van der Waals surface area contributed by atoms with E-state index in [2.05, 4.69) is 4.98 Å². The van der Waals surface area contributed by atoms with Crippen molar-refractivity contribution >= 4 is 11.6 Å². The van der Waals surface area contributed by atoms with Crippen LogP contribution in [-0.4, -0.2) is 10.8 Å². The van der Waals surface area contributed by atoms with E-state index in [0.717, 1.165) is 37.7 Å². The normalized spacial score (nSPS) is 21.8. The van der Waals surface area contributed by atoms with E-state index in [9.17, 15) is 4.79 Å². The Morgan fingerprint density at radius 2 is 2.31 bits per heavy atom. The van der Waals surface area contributed by atoms with Gasteiger partial charge < -0.3 is 5.73 Å². The first-order valence-electron chi connectivity index (χ1n) is 5.97. The molecule has 1 aromatic heterocycles. The summed E-state index contributed by atoms with van der Waals surface area (Å²) in [6, 6.07) is 3.92. The van der Waals surface area contributed by atoms with Gasteiger partial charge in [0.15, 0.2) is 0 Å². The molecule has 0 aromatic carbocycles. The lowest BCUT2D eigenvalue weighted by molar-refractivity contribution is -0.119. The maximum Gasteiger partial charge on any atom is 0.133 e. The Bertz CT molecular complexity index is 376. The fourth-order valence-corrected chi connectivity index (χ4v) is 2.39. The average molecular weight is 218 g/mol. The molecule has 0 amide bonds. The van der Waals surface area contributed by atoms with Crippen molar-refractivity contribution in [2.24, 2.45) is 5.92 Å². The number of Topliss-reactive ketones (excluding diaryl/α,β-unsaturated/α-hetero) is 1. The van der Waals surface area contributed by atoms with Crippen LogP contribution in [0.15, 0.2) is 18.3 Å². The second kappa shape index (κ2) is 5.10. The van der Waals surface area contributed by atoms with Crippen LogP contribution < -0.4 is 5.73 Å². The van der Waals surface area contributed by atoms with E-state index in [0.29, 0.717) is 23.9 Å². The summed E-state index contributed by atoms with van der Waals surface area (Å²) in [4.78, 5) is 15.6. The molecule has 1 aliphatic carbocycles. The van der Waals surface area contributed by atoms with Gasteiger partial charge in [-0.1, -0.05) is 12.5 Å². The Morgan fingerprint density at radius 3 is 3.12 bits per heavy atom. The summed E-state index contributed by atoms with van der Waals surface area (Å²) < 4.78 is 0. The van der Waals surface area contributed by atoms with Crippen LogP contribution in [-0.2, 0) is 11.2 Å². The summed E-state index contributed by atoms with van der Waals surface area (Å²) in [6.07, 6.45) is 7.43. The average Bonchev–Trinajstić information content (AvgIpc) is 2.46. The quantitative estimate of drug-likeness (QED) is 0.775. The molecule has 0 spiro atoms. The third-order valence-corrected chi connectivity index (χ3v) is 3.27. The van der Waals surface area contributed by atoms with E-state index in [-0.39, 0.29) is 0 Å². The molecule has 0 bridgehead atoms. The molecule has 0 radical (unpaired) electrons. The molecule has 3 heteroatoms. The standard InChI is InChI=1S/C13H18N2O/c14-13-11(5-3-7-15-13)8-10-4-1-2-6-12(16)9-10/h3,5,7,10H,1-2,4,6,8-9H2,(H2,14,15). The van der Waals surface area contributed by atoms with Gasteiger partial charge in [0, 0.05) is 19.0 Å². The van der Waals surface area contributed by atoms with E-state index < -0.39 is 0 Å². The van der Waals surface area contributed by atoms with Gasteiger partial charge in [0.2, 0.25) is 0 Å². The van der Waals surface area contributed by atoms with Gasteiger partial charge in [-0.3, -0.25) is 4.79 Å². The summed E-state index contributed by atoms with van der Waals surface area (Å²) in [7, 11) is 0. The summed E-state index contributed by atoms with van der Waals surface area (Å²) in [5.41, 5.74) is 6.90. The molecule has 86 valence electrons. The highest BCUT2D eigenvalue weighted by Crippen LogP contribution is 2.25. The fraction of sp³-hybridized carbons (Fsp3) is 0.538. The van der Waals surface area contributed by atoms with Gasteiger partial charge in [-0.15, -0.1) is 0 Å². The minimum Gasteiger partial charge on any atom is -0.383 e. The van der Waals surface area contributed by atoms with Crippen LogP contribution in [0.3, 0.4) is 0 Å². The van der Waals surface area contributed by atoms with E-state index in [4.69, 9.17) is 5.73 Å². The summed E-state index contributed by atoms with van der Waals surface area (Å²) in [5.74, 6) is 1.48. The topological polar surface area (TPSA) is 56.0 Å². The zero-order valence-electron chi connectivity index (χ0n) is 9.48. The molecule has 1 aliphatic rings. The first-order valence-corrected chi connectivity index (χ1v) is 5.97. The Kier molecular flexibility index (Phi) is 3.54. The van der Waals surface area contributed by atoms with Crippen molar-refractivity contribution in [3.05, 3.63) is 23.9 Å². The van der Waals surface area contributed by atoms with Crippen molar-refractivity contribution in [3.63, 3.8) is 0 Å². The largest absolute Gasteiger partial charge is 0.383 e. The van der Waals surface area contributed by atoms with Crippen LogP contribution in [0.4, 0.5) is 5.82 Å². The van der Waals surface area contributed by atoms with Crippen molar-refractivity contribution in [1.82, 2.24) is 4.98 Å². The Morgan fingerprint density at radius 1 is 1.44 bits per heavy atom. The number of anilines is 1. The minimum absolute atomic E-state index is 0.407. The molecule has 1 atom stereocenters. The van der Waals surface area contributed by atoms with Gasteiger partial charge in [-0.25, -0.2) is 4.98 Å². The van der Waals surface area contributed by atoms with Gasteiger partial charge in [0.05, 0.1) is 0 Å². The SMILES string of the molecule is Nc1ncccc1CC1CCCCC(=O)C1. The summed E-state index contributed by atoms with van der Waals surface area (Å²) >= 11 is 0. The van der Waals surface area contributed by atoms with Crippen molar-refractivity contribution in [2.45, 2.75) is 38.5 Å². The van der Waals surface area contributed by atoms with Crippen LogP contribution in [0.25, 0.3) is 0 Å². The van der Waals surface area contributed by atoms with Gasteiger partial charge in [0.1, 0.15) is 11.6 Å². The van der Waals surface area contributed by atoms with E-state index >= 15 is 0 Å². The number of pyridine rings is 1. The molecule has 2 N–H and O–H groups in total. The number of aromatic nitrogens is 1. The predicted molar refractivity (Wildman–Crippen MR) is 63.9 cm³/mol. The lowest BCUT2D eigenvalue weighted by Gasteiger charge is -2.13. The molecular formula is C13H18N2O. The highest BCUT2D eigenvalue weighted by Gasteiger charge is 2.18. The molecule has 16 heavy (non-hydrogen) atoms. The molecule has 3 nitrogen and oxygen atoms in total. The number of hydrogen-bond donors (Lipinski definition) is 1. The zero-order chi connectivity index (χ0) is 11.4. The minimum atomic E-state index is 0.407. The van der Waals surface area contributed by atoms with Gasteiger partial charge >= 0.3 is 0 Å². The van der Waals surface area contributed by atoms with Crippen molar-refractivity contribution in [1.29, 1.82) is 0 Å². The maximum atomic E-state index is 11.5. The lowest BCUT2D eigenvalue weighted by Crippen LogP contribution is -2.10. The van der Waals surface area contributed by atoms with E-state index in [1.807, 2.05) is 12.1 Å². The number of hydrogen-bond acceptors (Lipinski definition) is 3. The molecule has 1 fully saturated rings. The van der Waals surface area contributed by atoms with Crippen LogP contribution in [0.1, 0.15) is 37.7 Å². The van der Waals surface area contributed by atoms with Crippen LogP contribution in [0.2, 0.25) is 0 Å². The molecule has 2 rings (SSSR count). The molecule has 0 aliphatic heterocycles. The second-order valence-electron chi connectivity index (χ2n) is 4.61. The molecule has 1 saturated carbocycles. The summed E-state index contributed by atoms with van der Waals surface area (Å²) in [6.45, 7) is 0. The van der Waals surface area contributed by atoms with Crippen LogP contribution in [0.5, 0.6) is 0 Å². The van der Waals surface area contributed by atoms with Gasteiger partial charge in [0.25, 0.3) is 0 Å². The van der Waals surface area contributed by atoms with Crippen LogP contribution in [0, 0.1) is 5.92 Å². The first-order chi connectivity index (χ1) is 7.75. The lowest BCUT2D eigenvalue weighted by atomic mass is 9.92. The van der Waals surface area contributed by atoms with Gasteiger partial charge in [-0.05, 0) is 36.8 Å². The number of carbonyl (C=O) groups is 1. The van der Waals surface area contributed by atoms with Crippen molar-refractivity contribution in [2.75, 3.05) is 5.73 Å². The third-order valence-electron chi connectivity index (χ3n) is 3.27. The number of carbonyl (C=O) groups excluding carboxylic acids is 1. The van der Waals surface area contributed by atoms with Crippen molar-refractivity contribution in [3.8, 4) is 0 Å². The smallest absolute Gasteiger partial charge is 0.133 e. The second-order valence-corrected chi connectivity index (χ2v) is 4.61. The highest BCUT2D eigenvalue weighted by molar-refractivity contribution is 5.78. The molecule has 1 heterocycles. The molecule has 1 unspecified atom stereocenters. The Balaban J connectivity index is 2.03. The number of nitrogens with zero attached hydrogens (tertiary/aromatic N) is 1. The van der Waals surface area contributed by atoms with E-state index in [1.165, 1.54) is 0 Å². The number of rotatable bonds is 2. The predicted octanol–water partition coefficient (Wildman–Crippen LogP) is 2.36. The van der Waals surface area contributed by atoms with Crippen LogP contribution >= 0.6 is 0 Å².